The average Bonchev–Trinajstić information content (AvgIpc) is 2.81. The number of nitrogens with zero attached hydrogens (tertiary/aromatic N) is 2. The molecule has 0 aliphatic rings. The van der Waals surface area contributed by atoms with Gasteiger partial charge in [-0.1, -0.05) is 0 Å². The smallest absolute Gasteiger partial charge is 0.272 e. The van der Waals surface area contributed by atoms with Gasteiger partial charge in [0.1, 0.15) is 11.5 Å². The summed E-state index contributed by atoms with van der Waals surface area (Å²) < 4.78 is 38.6. The number of nitro benzene ring substituents is 1. The highest BCUT2D eigenvalue weighted by atomic mass is 32.2. The largest absolute Gasteiger partial charge is 0.293 e. The Morgan fingerprint density at radius 3 is 2.68 bits per heavy atom. The van der Waals surface area contributed by atoms with Crippen LogP contribution in [-0.2, 0) is 10.0 Å². The standard InChI is InChI=1S/C9H7FN4O4S/c10-6-1-2-8(14(15)16)7(5-6)13-19(17,18)9-3-4-11-12-9/h1-5,13H,(H,11,12). The Bertz CT molecular complexity index is 714. The molecule has 0 radical (unpaired) electrons. The molecule has 0 aliphatic heterocycles. The minimum Gasteiger partial charge on any atom is -0.272 e. The van der Waals surface area contributed by atoms with Crippen LogP contribution in [0, 0.1) is 15.9 Å². The molecule has 0 spiro atoms. The van der Waals surface area contributed by atoms with Crippen LogP contribution in [0.25, 0.3) is 0 Å². The predicted molar refractivity (Wildman–Crippen MR) is 62.5 cm³/mol. The highest BCUT2D eigenvalue weighted by molar-refractivity contribution is 7.92. The number of hydrogen-bond donors (Lipinski definition) is 2. The number of aromatic amines is 1. The molecule has 19 heavy (non-hydrogen) atoms. The van der Waals surface area contributed by atoms with Crippen molar-refractivity contribution in [2.24, 2.45) is 0 Å². The summed E-state index contributed by atoms with van der Waals surface area (Å²) in [5.41, 5.74) is -1.01. The van der Waals surface area contributed by atoms with E-state index in [1.165, 1.54) is 6.20 Å². The van der Waals surface area contributed by atoms with Crippen LogP contribution in [0.1, 0.15) is 0 Å². The van der Waals surface area contributed by atoms with E-state index >= 15 is 0 Å². The fourth-order valence-corrected chi connectivity index (χ4v) is 2.32. The lowest BCUT2D eigenvalue weighted by Gasteiger charge is -2.06. The number of hydrogen-bond acceptors (Lipinski definition) is 5. The summed E-state index contributed by atoms with van der Waals surface area (Å²) in [6, 6.07) is 3.63. The van der Waals surface area contributed by atoms with Gasteiger partial charge >= 0.3 is 0 Å². The van der Waals surface area contributed by atoms with Gasteiger partial charge in [-0.3, -0.25) is 19.9 Å². The molecule has 1 heterocycles. The van der Waals surface area contributed by atoms with Crippen molar-refractivity contribution in [3.63, 3.8) is 0 Å². The topological polar surface area (TPSA) is 118 Å². The molecule has 0 atom stereocenters. The van der Waals surface area contributed by atoms with Crippen LogP contribution in [0.5, 0.6) is 0 Å². The van der Waals surface area contributed by atoms with Crippen LogP contribution in [0.15, 0.2) is 35.5 Å². The van der Waals surface area contributed by atoms with Crippen molar-refractivity contribution in [3.8, 4) is 0 Å². The van der Waals surface area contributed by atoms with E-state index in [4.69, 9.17) is 0 Å². The maximum absolute atomic E-state index is 13.1. The highest BCUT2D eigenvalue weighted by Crippen LogP contribution is 2.26. The Labute approximate surface area is 106 Å². The number of sulfonamides is 1. The number of nitrogens with one attached hydrogen (secondary N) is 2. The van der Waals surface area contributed by atoms with E-state index in [1.807, 2.05) is 4.72 Å². The van der Waals surface area contributed by atoms with E-state index < -0.39 is 32.1 Å². The number of benzene rings is 1. The zero-order valence-electron chi connectivity index (χ0n) is 9.20. The molecule has 2 aromatic rings. The van der Waals surface area contributed by atoms with Crippen LogP contribution in [0.2, 0.25) is 0 Å². The number of halogens is 1. The number of nitro groups is 1. The lowest BCUT2D eigenvalue weighted by atomic mass is 10.3. The monoisotopic (exact) mass is 286 g/mol. The second-order valence-electron chi connectivity index (χ2n) is 3.44. The first-order chi connectivity index (χ1) is 8.90. The van der Waals surface area contributed by atoms with E-state index in [0.29, 0.717) is 0 Å². The van der Waals surface area contributed by atoms with Crippen molar-refractivity contribution in [1.29, 1.82) is 0 Å². The third kappa shape index (κ3) is 2.68. The summed E-state index contributed by atoms with van der Waals surface area (Å²) in [6.07, 6.45) is 1.20. The summed E-state index contributed by atoms with van der Waals surface area (Å²) in [6.45, 7) is 0. The molecular formula is C9H7FN4O4S. The van der Waals surface area contributed by atoms with E-state index in [0.717, 1.165) is 24.3 Å². The van der Waals surface area contributed by atoms with Crippen LogP contribution in [0.3, 0.4) is 0 Å². The molecular weight excluding hydrogens is 279 g/mol. The van der Waals surface area contributed by atoms with Crippen molar-refractivity contribution in [1.82, 2.24) is 10.2 Å². The van der Waals surface area contributed by atoms with Crippen molar-refractivity contribution in [3.05, 3.63) is 46.4 Å². The molecule has 0 amide bonds. The molecule has 2 N–H and O–H groups in total. The van der Waals surface area contributed by atoms with Gasteiger partial charge in [-0.25, -0.2) is 4.39 Å². The predicted octanol–water partition coefficient (Wildman–Crippen LogP) is 1.26. The van der Waals surface area contributed by atoms with Gasteiger partial charge in [0.25, 0.3) is 15.7 Å². The van der Waals surface area contributed by atoms with Crippen molar-refractivity contribution in [2.45, 2.75) is 5.03 Å². The quantitative estimate of drug-likeness (QED) is 0.648. The summed E-state index contributed by atoms with van der Waals surface area (Å²) in [5.74, 6) is -0.798. The average molecular weight is 286 g/mol. The van der Waals surface area contributed by atoms with Gasteiger partial charge in [0, 0.05) is 12.1 Å². The highest BCUT2D eigenvalue weighted by Gasteiger charge is 2.22. The van der Waals surface area contributed by atoms with Crippen LogP contribution in [0.4, 0.5) is 15.8 Å². The van der Waals surface area contributed by atoms with E-state index in [2.05, 4.69) is 10.2 Å². The molecule has 1 aromatic heterocycles. The lowest BCUT2D eigenvalue weighted by Crippen LogP contribution is -2.14. The maximum Gasteiger partial charge on any atom is 0.293 e. The van der Waals surface area contributed by atoms with Gasteiger partial charge in [-0.2, -0.15) is 13.5 Å². The molecule has 2 rings (SSSR count). The number of anilines is 1. The van der Waals surface area contributed by atoms with E-state index in [9.17, 15) is 22.9 Å². The Morgan fingerprint density at radius 2 is 2.11 bits per heavy atom. The molecule has 8 nitrogen and oxygen atoms in total. The molecule has 0 aliphatic carbocycles. The fourth-order valence-electron chi connectivity index (χ4n) is 1.34. The Balaban J connectivity index is 2.44. The van der Waals surface area contributed by atoms with Gasteiger partial charge in [-0.15, -0.1) is 0 Å². The molecule has 0 unspecified atom stereocenters. The first-order valence-electron chi connectivity index (χ1n) is 4.86. The third-order valence-electron chi connectivity index (χ3n) is 2.16. The summed E-state index contributed by atoms with van der Waals surface area (Å²) in [4.78, 5) is 9.92. The molecule has 0 saturated heterocycles. The Morgan fingerprint density at radius 1 is 1.37 bits per heavy atom. The first kappa shape index (κ1) is 13.0. The molecule has 1 aromatic carbocycles. The number of aromatic nitrogens is 2. The van der Waals surface area contributed by atoms with Crippen LogP contribution in [-0.4, -0.2) is 23.5 Å². The first-order valence-corrected chi connectivity index (χ1v) is 6.34. The van der Waals surface area contributed by atoms with Gasteiger partial charge in [0.2, 0.25) is 0 Å². The van der Waals surface area contributed by atoms with Crippen LogP contribution >= 0.6 is 0 Å². The summed E-state index contributed by atoms with van der Waals surface area (Å²) >= 11 is 0. The Kier molecular flexibility index (Phi) is 3.17. The minimum absolute atomic E-state index is 0.286. The summed E-state index contributed by atoms with van der Waals surface area (Å²) in [5, 5.41) is 16.1. The molecule has 100 valence electrons. The molecule has 10 heteroatoms. The zero-order chi connectivity index (χ0) is 14.0. The normalized spacial score (nSPS) is 11.2. The van der Waals surface area contributed by atoms with Crippen molar-refractivity contribution >= 4 is 21.4 Å². The molecule has 0 saturated carbocycles. The number of rotatable bonds is 4. The van der Waals surface area contributed by atoms with Gasteiger partial charge in [-0.05, 0) is 12.1 Å². The number of H-pyrrole nitrogens is 1. The fraction of sp³-hybridized carbons (Fsp3) is 0. The third-order valence-corrected chi connectivity index (χ3v) is 3.46. The molecule has 0 fully saturated rings. The lowest BCUT2D eigenvalue weighted by molar-refractivity contribution is -0.383. The van der Waals surface area contributed by atoms with Crippen LogP contribution < -0.4 is 4.72 Å². The van der Waals surface area contributed by atoms with Gasteiger partial charge < -0.3 is 0 Å². The van der Waals surface area contributed by atoms with E-state index in [-0.39, 0.29) is 5.03 Å². The van der Waals surface area contributed by atoms with Crippen molar-refractivity contribution < 1.29 is 17.7 Å². The van der Waals surface area contributed by atoms with Gasteiger partial charge in [0.05, 0.1) is 11.1 Å². The van der Waals surface area contributed by atoms with Gasteiger partial charge in [0.15, 0.2) is 5.03 Å². The Hall–Kier alpha value is -2.49. The zero-order valence-corrected chi connectivity index (χ0v) is 10.0. The maximum atomic E-state index is 13.1. The summed E-state index contributed by atoms with van der Waals surface area (Å²) in [7, 11) is -4.08. The second-order valence-corrected chi connectivity index (χ2v) is 5.10. The van der Waals surface area contributed by atoms with E-state index in [1.54, 1.807) is 0 Å². The van der Waals surface area contributed by atoms with Crippen molar-refractivity contribution in [2.75, 3.05) is 4.72 Å². The minimum atomic E-state index is -4.08. The molecule has 0 bridgehead atoms. The SMILES string of the molecule is O=[N+]([O-])c1ccc(F)cc1NS(=O)(=O)c1ccn[nH]1. The second kappa shape index (κ2) is 4.65.